The molecular formula is C24H22N2O5. The second kappa shape index (κ2) is 9.63. The van der Waals surface area contributed by atoms with E-state index in [0.717, 1.165) is 5.56 Å². The molecule has 3 aromatic rings. The number of hydrogen-bond acceptors (Lipinski definition) is 5. The topological polar surface area (TPSA) is 90.6 Å². The van der Waals surface area contributed by atoms with E-state index in [1.54, 1.807) is 34.9 Å². The summed E-state index contributed by atoms with van der Waals surface area (Å²) in [5.74, 6) is 2.45. The molecule has 7 heteroatoms. The van der Waals surface area contributed by atoms with Crippen molar-refractivity contribution in [3.8, 4) is 23.8 Å². The zero-order valence-electron chi connectivity index (χ0n) is 17.3. The van der Waals surface area contributed by atoms with E-state index in [-0.39, 0.29) is 23.4 Å². The van der Waals surface area contributed by atoms with Gasteiger partial charge in [0.05, 0.1) is 23.2 Å². The second-order valence-corrected chi connectivity index (χ2v) is 6.52. The lowest BCUT2D eigenvalue weighted by Crippen LogP contribution is -2.23. The molecule has 3 rings (SSSR count). The fourth-order valence-corrected chi connectivity index (χ4v) is 3.13. The summed E-state index contributed by atoms with van der Waals surface area (Å²) in [6.45, 7) is 4.73. The summed E-state index contributed by atoms with van der Waals surface area (Å²) in [4.78, 5) is 28.6. The van der Waals surface area contributed by atoms with Gasteiger partial charge in [-0.15, -0.1) is 6.42 Å². The molecule has 0 atom stereocenters. The van der Waals surface area contributed by atoms with Crippen molar-refractivity contribution in [2.45, 2.75) is 20.4 Å². The maximum atomic E-state index is 12.9. The van der Waals surface area contributed by atoms with Crippen LogP contribution in [0.25, 0.3) is 23.2 Å². The summed E-state index contributed by atoms with van der Waals surface area (Å²) < 4.78 is 12.7. The molecule has 1 N–H and O–H groups in total. The molecular weight excluding hydrogens is 396 g/mol. The minimum atomic E-state index is -1.05. The van der Waals surface area contributed by atoms with Gasteiger partial charge in [-0.2, -0.15) is 0 Å². The number of aromatic carboxylic acids is 1. The number of aryl methyl sites for hydroxylation is 1. The zero-order valence-corrected chi connectivity index (χ0v) is 17.3. The predicted octanol–water partition coefficient (Wildman–Crippen LogP) is 3.70. The number of carbonyl (C=O) groups is 1. The van der Waals surface area contributed by atoms with E-state index in [4.69, 9.17) is 15.9 Å². The van der Waals surface area contributed by atoms with Gasteiger partial charge in [-0.3, -0.25) is 4.79 Å². The highest BCUT2D eigenvalue weighted by Gasteiger charge is 2.11. The summed E-state index contributed by atoms with van der Waals surface area (Å²) in [5, 5.41) is 9.25. The van der Waals surface area contributed by atoms with Gasteiger partial charge in [0.1, 0.15) is 12.3 Å². The van der Waals surface area contributed by atoms with Gasteiger partial charge in [-0.1, -0.05) is 18.1 Å². The molecule has 2 aromatic carbocycles. The Kier molecular flexibility index (Phi) is 6.73. The molecule has 1 aromatic heterocycles. The SMILES string of the molecule is C#CCOc1ccc(/C=C/c2nc3cc(C(=O)O)ccc3n(CC)c2=O)cc1OCC. The molecule has 0 saturated carbocycles. The third-order valence-electron chi connectivity index (χ3n) is 4.55. The largest absolute Gasteiger partial charge is 0.490 e. The highest BCUT2D eigenvalue weighted by molar-refractivity contribution is 5.92. The van der Waals surface area contributed by atoms with Gasteiger partial charge in [0.2, 0.25) is 0 Å². The summed E-state index contributed by atoms with van der Waals surface area (Å²) >= 11 is 0. The maximum Gasteiger partial charge on any atom is 0.335 e. The van der Waals surface area contributed by atoms with Crippen molar-refractivity contribution in [3.63, 3.8) is 0 Å². The van der Waals surface area contributed by atoms with Gasteiger partial charge in [0.25, 0.3) is 5.56 Å². The molecule has 158 valence electrons. The van der Waals surface area contributed by atoms with Gasteiger partial charge in [0, 0.05) is 6.54 Å². The van der Waals surface area contributed by atoms with Crippen LogP contribution in [0.3, 0.4) is 0 Å². The Bertz CT molecular complexity index is 1250. The van der Waals surface area contributed by atoms with Crippen LogP contribution in [0.5, 0.6) is 11.5 Å². The number of benzene rings is 2. The number of carboxylic acid groups (broad SMARTS) is 1. The third kappa shape index (κ3) is 4.75. The standard InChI is InChI=1S/C24H22N2O5/c1-4-13-31-21-12-8-16(14-22(21)30-6-3)7-10-18-23(27)26(5-2)20-11-9-17(24(28)29)15-19(20)25-18/h1,7-12,14-15H,5-6,13H2,2-3H3,(H,28,29)/b10-7+. The minimum Gasteiger partial charge on any atom is -0.490 e. The number of rotatable bonds is 8. The average molecular weight is 418 g/mol. The van der Waals surface area contributed by atoms with Crippen molar-refractivity contribution in [1.29, 1.82) is 0 Å². The number of hydrogen-bond donors (Lipinski definition) is 1. The Labute approximate surface area is 179 Å². The normalized spacial score (nSPS) is 10.9. The lowest BCUT2D eigenvalue weighted by molar-refractivity contribution is 0.0697. The predicted molar refractivity (Wildman–Crippen MR) is 120 cm³/mol. The van der Waals surface area contributed by atoms with E-state index in [1.807, 2.05) is 19.9 Å². The van der Waals surface area contributed by atoms with E-state index in [2.05, 4.69) is 10.9 Å². The van der Waals surface area contributed by atoms with Crippen molar-refractivity contribution < 1.29 is 19.4 Å². The summed E-state index contributed by atoms with van der Waals surface area (Å²) in [6.07, 6.45) is 8.59. The van der Waals surface area contributed by atoms with Crippen molar-refractivity contribution in [2.24, 2.45) is 0 Å². The average Bonchev–Trinajstić information content (AvgIpc) is 2.77. The monoisotopic (exact) mass is 418 g/mol. The number of ether oxygens (including phenoxy) is 2. The molecule has 0 aliphatic carbocycles. The van der Waals surface area contributed by atoms with Crippen molar-refractivity contribution in [3.05, 3.63) is 63.6 Å². The third-order valence-corrected chi connectivity index (χ3v) is 4.55. The molecule has 0 unspecified atom stereocenters. The van der Waals surface area contributed by atoms with Crippen LogP contribution in [-0.2, 0) is 6.54 Å². The van der Waals surface area contributed by atoms with Gasteiger partial charge in [-0.25, -0.2) is 9.78 Å². The Morgan fingerprint density at radius 1 is 1.16 bits per heavy atom. The summed E-state index contributed by atoms with van der Waals surface area (Å²) in [5.41, 5.74) is 1.87. The number of nitrogens with zero attached hydrogens (tertiary/aromatic N) is 2. The molecule has 31 heavy (non-hydrogen) atoms. The molecule has 0 fully saturated rings. The van der Waals surface area contributed by atoms with Crippen molar-refractivity contribution >= 4 is 29.2 Å². The van der Waals surface area contributed by atoms with Crippen LogP contribution in [0.4, 0.5) is 0 Å². The van der Waals surface area contributed by atoms with Gasteiger partial charge < -0.3 is 19.1 Å². The first-order valence-corrected chi connectivity index (χ1v) is 9.77. The molecule has 0 aliphatic heterocycles. The molecule has 0 aliphatic rings. The van der Waals surface area contributed by atoms with Crippen molar-refractivity contribution in [1.82, 2.24) is 9.55 Å². The van der Waals surface area contributed by atoms with Gasteiger partial charge >= 0.3 is 5.97 Å². The first-order valence-electron chi connectivity index (χ1n) is 9.77. The van der Waals surface area contributed by atoms with Crippen LogP contribution >= 0.6 is 0 Å². The van der Waals surface area contributed by atoms with Crippen LogP contribution < -0.4 is 15.0 Å². The van der Waals surface area contributed by atoms with Crippen LogP contribution in [0.15, 0.2) is 41.2 Å². The van der Waals surface area contributed by atoms with E-state index < -0.39 is 5.97 Å². The van der Waals surface area contributed by atoms with Crippen LogP contribution in [0, 0.1) is 12.3 Å². The van der Waals surface area contributed by atoms with Gasteiger partial charge in [0.15, 0.2) is 11.5 Å². The molecule has 0 radical (unpaired) electrons. The number of aromatic nitrogens is 2. The molecule has 7 nitrogen and oxygen atoms in total. The summed E-state index contributed by atoms with van der Waals surface area (Å²) in [6, 6.07) is 9.88. The van der Waals surface area contributed by atoms with Gasteiger partial charge in [-0.05, 0) is 55.8 Å². The van der Waals surface area contributed by atoms with E-state index in [0.29, 0.717) is 35.7 Å². The Morgan fingerprint density at radius 3 is 2.65 bits per heavy atom. The fraction of sp³-hybridized carbons (Fsp3) is 0.208. The highest BCUT2D eigenvalue weighted by Crippen LogP contribution is 2.29. The quantitative estimate of drug-likeness (QED) is 0.561. The van der Waals surface area contributed by atoms with E-state index in [9.17, 15) is 14.7 Å². The number of terminal acetylenes is 1. The fourth-order valence-electron chi connectivity index (χ4n) is 3.13. The summed E-state index contributed by atoms with van der Waals surface area (Å²) in [7, 11) is 0. The van der Waals surface area contributed by atoms with Crippen molar-refractivity contribution in [2.75, 3.05) is 13.2 Å². The molecule has 1 heterocycles. The minimum absolute atomic E-state index is 0.111. The van der Waals surface area contributed by atoms with Crippen LogP contribution in [0.1, 0.15) is 35.5 Å². The Balaban J connectivity index is 2.03. The first-order chi connectivity index (χ1) is 15.0. The number of carboxylic acids is 1. The Hall–Kier alpha value is -4.05. The number of fused-ring (bicyclic) bond motifs is 1. The van der Waals surface area contributed by atoms with Crippen LogP contribution in [-0.4, -0.2) is 33.8 Å². The molecule has 0 spiro atoms. The molecule has 0 amide bonds. The highest BCUT2D eigenvalue weighted by atomic mass is 16.5. The van der Waals surface area contributed by atoms with E-state index >= 15 is 0 Å². The first kappa shape index (κ1) is 21.7. The Morgan fingerprint density at radius 2 is 1.97 bits per heavy atom. The second-order valence-electron chi connectivity index (χ2n) is 6.52. The van der Waals surface area contributed by atoms with Crippen LogP contribution in [0.2, 0.25) is 0 Å². The molecule has 0 bridgehead atoms. The lowest BCUT2D eigenvalue weighted by atomic mass is 10.1. The van der Waals surface area contributed by atoms with E-state index in [1.165, 1.54) is 12.1 Å². The maximum absolute atomic E-state index is 12.9. The lowest BCUT2D eigenvalue weighted by Gasteiger charge is -2.11. The zero-order chi connectivity index (χ0) is 22.4. The smallest absolute Gasteiger partial charge is 0.335 e. The molecule has 0 saturated heterocycles.